The lowest BCUT2D eigenvalue weighted by Gasteiger charge is -2.41. The summed E-state index contributed by atoms with van der Waals surface area (Å²) in [6.45, 7) is 6.83. The first-order chi connectivity index (χ1) is 8.76. The maximum Gasteiger partial charge on any atom is 0.00106 e. The molecule has 1 aliphatic carbocycles. The molecular weight excluding hydrogens is 220 g/mol. The van der Waals surface area contributed by atoms with E-state index in [0.29, 0.717) is 0 Å². The van der Waals surface area contributed by atoms with Gasteiger partial charge in [0.05, 0.1) is 0 Å². The lowest BCUT2D eigenvalue weighted by atomic mass is 9.77. The summed E-state index contributed by atoms with van der Waals surface area (Å²) in [5.41, 5.74) is 0.795. The van der Waals surface area contributed by atoms with Gasteiger partial charge in [-0.1, -0.05) is 12.8 Å². The lowest BCUT2D eigenvalue weighted by Crippen LogP contribution is -2.43. The predicted molar refractivity (Wildman–Crippen MR) is 76.8 cm³/mol. The van der Waals surface area contributed by atoms with Gasteiger partial charge in [0.1, 0.15) is 0 Å². The van der Waals surface area contributed by atoms with Crippen molar-refractivity contribution in [1.82, 2.24) is 9.80 Å². The predicted octanol–water partition coefficient (Wildman–Crippen LogP) is 2.98. The molecule has 0 aromatic heterocycles. The van der Waals surface area contributed by atoms with E-state index in [-0.39, 0.29) is 0 Å². The molecule has 0 N–H and O–H groups in total. The van der Waals surface area contributed by atoms with Gasteiger partial charge < -0.3 is 9.80 Å². The topological polar surface area (TPSA) is 6.48 Å². The van der Waals surface area contributed by atoms with E-state index in [1.807, 2.05) is 0 Å². The zero-order valence-electron chi connectivity index (χ0n) is 12.2. The van der Waals surface area contributed by atoms with Crippen molar-refractivity contribution in [2.45, 2.75) is 51.4 Å². The zero-order valence-corrected chi connectivity index (χ0v) is 12.2. The highest BCUT2D eigenvalue weighted by Crippen LogP contribution is 2.46. The summed E-state index contributed by atoms with van der Waals surface area (Å²) in [7, 11) is 2.26. The van der Waals surface area contributed by atoms with Crippen LogP contribution in [0.2, 0.25) is 0 Å². The van der Waals surface area contributed by atoms with Gasteiger partial charge in [-0.15, -0.1) is 0 Å². The van der Waals surface area contributed by atoms with Crippen molar-refractivity contribution in [2.24, 2.45) is 11.3 Å². The van der Waals surface area contributed by atoms with Gasteiger partial charge >= 0.3 is 0 Å². The molecule has 3 fully saturated rings. The van der Waals surface area contributed by atoms with Gasteiger partial charge in [0, 0.05) is 6.54 Å². The van der Waals surface area contributed by atoms with Gasteiger partial charge in [-0.25, -0.2) is 0 Å². The molecular formula is C16H30N2. The zero-order chi connectivity index (χ0) is 12.4. The molecule has 0 amide bonds. The van der Waals surface area contributed by atoms with E-state index in [4.69, 9.17) is 0 Å². The van der Waals surface area contributed by atoms with Crippen LogP contribution in [-0.2, 0) is 0 Å². The van der Waals surface area contributed by atoms with Crippen LogP contribution in [0.25, 0.3) is 0 Å². The first kappa shape index (κ1) is 12.9. The van der Waals surface area contributed by atoms with Crippen LogP contribution in [0.4, 0.5) is 0 Å². The van der Waals surface area contributed by atoms with Crippen LogP contribution < -0.4 is 0 Å². The molecule has 2 aliphatic heterocycles. The van der Waals surface area contributed by atoms with E-state index >= 15 is 0 Å². The third kappa shape index (κ3) is 2.91. The first-order valence-corrected chi connectivity index (χ1v) is 8.17. The molecule has 1 saturated carbocycles. The molecule has 0 radical (unpaired) electrons. The lowest BCUT2D eigenvalue weighted by molar-refractivity contribution is 0.0826. The Kier molecular flexibility index (Phi) is 3.95. The second-order valence-corrected chi connectivity index (χ2v) is 7.25. The number of hydrogen-bond acceptors (Lipinski definition) is 2. The fourth-order valence-corrected chi connectivity index (χ4v) is 4.44. The van der Waals surface area contributed by atoms with Crippen LogP contribution in [0, 0.1) is 11.3 Å². The molecule has 0 atom stereocenters. The molecule has 3 rings (SSSR count). The van der Waals surface area contributed by atoms with E-state index in [9.17, 15) is 0 Å². The van der Waals surface area contributed by atoms with E-state index < -0.39 is 0 Å². The maximum atomic E-state index is 2.78. The fraction of sp³-hybridized carbons (Fsp3) is 1.00. The second kappa shape index (κ2) is 5.50. The van der Waals surface area contributed by atoms with Crippen molar-refractivity contribution in [1.29, 1.82) is 0 Å². The Bertz CT molecular complexity index is 252. The molecule has 0 bridgehead atoms. The Morgan fingerprint density at radius 1 is 0.889 bits per heavy atom. The van der Waals surface area contributed by atoms with Gasteiger partial charge in [-0.2, -0.15) is 0 Å². The molecule has 2 heteroatoms. The van der Waals surface area contributed by atoms with Gasteiger partial charge in [-0.05, 0) is 83.1 Å². The highest BCUT2D eigenvalue weighted by Gasteiger charge is 2.37. The van der Waals surface area contributed by atoms with Gasteiger partial charge in [0.2, 0.25) is 0 Å². The van der Waals surface area contributed by atoms with E-state index in [0.717, 1.165) is 11.3 Å². The fourth-order valence-electron chi connectivity index (χ4n) is 4.44. The molecule has 0 aromatic carbocycles. The summed E-state index contributed by atoms with van der Waals surface area (Å²) in [5.74, 6) is 0.985. The second-order valence-electron chi connectivity index (χ2n) is 7.25. The molecule has 2 heterocycles. The largest absolute Gasteiger partial charge is 0.306 e. The van der Waals surface area contributed by atoms with Crippen LogP contribution in [-0.4, -0.2) is 49.6 Å². The minimum atomic E-state index is 0.795. The van der Waals surface area contributed by atoms with Gasteiger partial charge in [0.15, 0.2) is 0 Å². The van der Waals surface area contributed by atoms with Crippen LogP contribution in [0.3, 0.4) is 0 Å². The molecule has 0 unspecified atom stereocenters. The first-order valence-electron chi connectivity index (χ1n) is 8.17. The number of rotatable bonds is 2. The van der Waals surface area contributed by atoms with E-state index in [2.05, 4.69) is 16.8 Å². The Morgan fingerprint density at radius 3 is 2.11 bits per heavy atom. The Labute approximate surface area is 113 Å². The number of piperidine rings is 2. The highest BCUT2D eigenvalue weighted by molar-refractivity contribution is 4.90. The van der Waals surface area contributed by atoms with Crippen molar-refractivity contribution in [3.05, 3.63) is 0 Å². The monoisotopic (exact) mass is 250 g/mol. The summed E-state index contributed by atoms with van der Waals surface area (Å²) in [6, 6.07) is 0. The average molecular weight is 250 g/mol. The van der Waals surface area contributed by atoms with Crippen molar-refractivity contribution >= 4 is 0 Å². The van der Waals surface area contributed by atoms with Crippen LogP contribution in [0.5, 0.6) is 0 Å². The minimum absolute atomic E-state index is 0.795. The average Bonchev–Trinajstić information content (AvgIpc) is 2.84. The molecule has 2 saturated heterocycles. The molecule has 104 valence electrons. The number of likely N-dealkylation sites (tertiary alicyclic amines) is 2. The molecule has 2 nitrogen and oxygen atoms in total. The molecule has 0 aromatic rings. The van der Waals surface area contributed by atoms with Crippen molar-refractivity contribution in [3.63, 3.8) is 0 Å². The number of hydrogen-bond donors (Lipinski definition) is 0. The minimum Gasteiger partial charge on any atom is -0.306 e. The number of nitrogens with zero attached hydrogens (tertiary/aromatic N) is 2. The summed E-state index contributed by atoms with van der Waals surface area (Å²) >= 11 is 0. The van der Waals surface area contributed by atoms with Gasteiger partial charge in [0.25, 0.3) is 0 Å². The Hall–Kier alpha value is -0.0800. The van der Waals surface area contributed by atoms with E-state index in [1.54, 1.807) is 0 Å². The highest BCUT2D eigenvalue weighted by atomic mass is 15.1. The standard InChI is InChI=1S/C16H30N2/c1-17-10-4-15(5-11-17)14-18-12-8-16(9-13-18)6-2-3-7-16/h15H,2-14H2,1H3. The van der Waals surface area contributed by atoms with Crippen molar-refractivity contribution in [3.8, 4) is 0 Å². The molecule has 1 spiro atoms. The molecule has 18 heavy (non-hydrogen) atoms. The molecule has 3 aliphatic rings. The van der Waals surface area contributed by atoms with Gasteiger partial charge in [-0.3, -0.25) is 0 Å². The van der Waals surface area contributed by atoms with Crippen molar-refractivity contribution < 1.29 is 0 Å². The van der Waals surface area contributed by atoms with E-state index in [1.165, 1.54) is 84.1 Å². The summed E-state index contributed by atoms with van der Waals surface area (Å²) in [5, 5.41) is 0. The van der Waals surface area contributed by atoms with Crippen LogP contribution in [0.15, 0.2) is 0 Å². The third-order valence-corrected chi connectivity index (χ3v) is 5.94. The van der Waals surface area contributed by atoms with Crippen molar-refractivity contribution in [2.75, 3.05) is 39.8 Å². The van der Waals surface area contributed by atoms with Crippen LogP contribution >= 0.6 is 0 Å². The normalized spacial score (nSPS) is 31.2. The SMILES string of the molecule is CN1CCC(CN2CCC3(CCCC3)CC2)CC1. The van der Waals surface area contributed by atoms with Crippen LogP contribution in [0.1, 0.15) is 51.4 Å². The summed E-state index contributed by atoms with van der Waals surface area (Å²) < 4.78 is 0. The summed E-state index contributed by atoms with van der Waals surface area (Å²) in [4.78, 5) is 5.26. The summed E-state index contributed by atoms with van der Waals surface area (Å²) in [6.07, 6.45) is 11.9. The third-order valence-electron chi connectivity index (χ3n) is 5.94. The quantitative estimate of drug-likeness (QED) is 0.743. The smallest absolute Gasteiger partial charge is 0.00106 e. The Morgan fingerprint density at radius 2 is 1.50 bits per heavy atom. The Balaban J connectivity index is 1.42. The maximum absolute atomic E-state index is 2.78.